The van der Waals surface area contributed by atoms with Gasteiger partial charge in [0, 0.05) is 19.3 Å². The molecule has 4 nitrogen and oxygen atoms in total. The van der Waals surface area contributed by atoms with Crippen LogP contribution < -0.4 is 5.32 Å². The summed E-state index contributed by atoms with van der Waals surface area (Å²) < 4.78 is 2.25. The molecule has 1 aromatic heterocycles. The van der Waals surface area contributed by atoms with Crippen molar-refractivity contribution in [3.63, 3.8) is 0 Å². The van der Waals surface area contributed by atoms with E-state index in [1.807, 2.05) is 0 Å². The Kier molecular flexibility index (Phi) is 7.56. The van der Waals surface area contributed by atoms with Crippen molar-refractivity contribution in [2.45, 2.75) is 53.5 Å². The standard InChI is InChI=1S/C15H30N4/c1-5-8-12-19-13-14(4)17-15(19)16-10-9-11-18(6-2)7-3/h13H,5-12H2,1-4H3,(H,16,17). The summed E-state index contributed by atoms with van der Waals surface area (Å²) in [4.78, 5) is 7.01. The fraction of sp³-hybridized carbons (Fsp3) is 0.800. The Hall–Kier alpha value is -1.03. The van der Waals surface area contributed by atoms with E-state index in [4.69, 9.17) is 0 Å². The minimum absolute atomic E-state index is 0.999. The molecule has 0 spiro atoms. The van der Waals surface area contributed by atoms with Crippen molar-refractivity contribution in [3.05, 3.63) is 11.9 Å². The first kappa shape index (κ1) is 16.0. The molecule has 0 radical (unpaired) electrons. The van der Waals surface area contributed by atoms with Gasteiger partial charge in [-0.1, -0.05) is 27.2 Å². The summed E-state index contributed by atoms with van der Waals surface area (Å²) in [6.07, 6.45) is 5.74. The molecule has 19 heavy (non-hydrogen) atoms. The van der Waals surface area contributed by atoms with E-state index in [0.29, 0.717) is 0 Å². The Labute approximate surface area is 118 Å². The number of unbranched alkanes of at least 4 members (excludes halogenated alkanes) is 1. The van der Waals surface area contributed by atoms with E-state index in [9.17, 15) is 0 Å². The zero-order valence-electron chi connectivity index (χ0n) is 13.1. The zero-order chi connectivity index (χ0) is 14.1. The number of nitrogens with zero attached hydrogens (tertiary/aromatic N) is 3. The molecule has 0 atom stereocenters. The fourth-order valence-electron chi connectivity index (χ4n) is 2.23. The van der Waals surface area contributed by atoms with Crippen LogP contribution in [0.15, 0.2) is 6.20 Å². The Bertz CT molecular complexity index is 342. The summed E-state index contributed by atoms with van der Waals surface area (Å²) in [6.45, 7) is 14.2. The Morgan fingerprint density at radius 2 is 1.95 bits per heavy atom. The molecule has 0 amide bonds. The van der Waals surface area contributed by atoms with Crippen molar-refractivity contribution >= 4 is 5.95 Å². The van der Waals surface area contributed by atoms with Crippen molar-refractivity contribution in [2.75, 3.05) is 31.5 Å². The molecule has 1 heterocycles. The van der Waals surface area contributed by atoms with Crippen LogP contribution in [0.1, 0.15) is 45.7 Å². The first-order valence-electron chi connectivity index (χ1n) is 7.71. The van der Waals surface area contributed by atoms with E-state index < -0.39 is 0 Å². The molecule has 4 heteroatoms. The quantitative estimate of drug-likeness (QED) is 0.660. The molecule has 0 saturated carbocycles. The van der Waals surface area contributed by atoms with Crippen molar-refractivity contribution in [1.29, 1.82) is 0 Å². The van der Waals surface area contributed by atoms with E-state index in [2.05, 4.69) is 53.7 Å². The van der Waals surface area contributed by atoms with Crippen molar-refractivity contribution in [2.24, 2.45) is 0 Å². The number of rotatable bonds is 10. The first-order chi connectivity index (χ1) is 9.21. The van der Waals surface area contributed by atoms with Crippen LogP contribution in [-0.4, -0.2) is 40.6 Å². The second-order valence-corrected chi connectivity index (χ2v) is 5.06. The topological polar surface area (TPSA) is 33.1 Å². The highest BCUT2D eigenvalue weighted by molar-refractivity contribution is 5.28. The van der Waals surface area contributed by atoms with Crippen LogP contribution in [0.25, 0.3) is 0 Å². The van der Waals surface area contributed by atoms with Crippen molar-refractivity contribution < 1.29 is 0 Å². The number of imidazole rings is 1. The molecule has 0 fully saturated rings. The van der Waals surface area contributed by atoms with Gasteiger partial charge in [-0.15, -0.1) is 0 Å². The van der Waals surface area contributed by atoms with Gasteiger partial charge in [0.1, 0.15) is 0 Å². The Morgan fingerprint density at radius 3 is 2.58 bits per heavy atom. The molecule has 0 unspecified atom stereocenters. The van der Waals surface area contributed by atoms with Crippen molar-refractivity contribution in [1.82, 2.24) is 14.5 Å². The lowest BCUT2D eigenvalue weighted by atomic mass is 10.3. The van der Waals surface area contributed by atoms with Crippen LogP contribution in [0.5, 0.6) is 0 Å². The van der Waals surface area contributed by atoms with Gasteiger partial charge in [0.25, 0.3) is 0 Å². The highest BCUT2D eigenvalue weighted by Crippen LogP contribution is 2.10. The molecule has 0 aliphatic carbocycles. The smallest absolute Gasteiger partial charge is 0.203 e. The summed E-state index contributed by atoms with van der Waals surface area (Å²) in [5.41, 5.74) is 1.10. The number of aryl methyl sites for hydroxylation is 2. The van der Waals surface area contributed by atoms with E-state index in [-0.39, 0.29) is 0 Å². The summed E-state index contributed by atoms with van der Waals surface area (Å²) in [5.74, 6) is 1.03. The van der Waals surface area contributed by atoms with Crippen LogP contribution >= 0.6 is 0 Å². The highest BCUT2D eigenvalue weighted by atomic mass is 15.2. The van der Waals surface area contributed by atoms with Gasteiger partial charge in [-0.3, -0.25) is 0 Å². The zero-order valence-corrected chi connectivity index (χ0v) is 13.1. The summed E-state index contributed by atoms with van der Waals surface area (Å²) in [7, 11) is 0. The fourth-order valence-corrected chi connectivity index (χ4v) is 2.23. The van der Waals surface area contributed by atoms with Gasteiger partial charge in [-0.2, -0.15) is 0 Å². The lowest BCUT2D eigenvalue weighted by Gasteiger charge is -2.18. The van der Waals surface area contributed by atoms with E-state index in [1.165, 1.54) is 19.3 Å². The van der Waals surface area contributed by atoms with Gasteiger partial charge in [-0.05, 0) is 39.4 Å². The van der Waals surface area contributed by atoms with Gasteiger partial charge < -0.3 is 14.8 Å². The number of anilines is 1. The van der Waals surface area contributed by atoms with Gasteiger partial charge in [0.2, 0.25) is 5.95 Å². The number of aromatic nitrogens is 2. The second-order valence-electron chi connectivity index (χ2n) is 5.06. The molecule has 1 aromatic rings. The highest BCUT2D eigenvalue weighted by Gasteiger charge is 2.05. The normalized spacial score (nSPS) is 11.2. The third kappa shape index (κ3) is 5.64. The third-order valence-electron chi connectivity index (χ3n) is 3.48. The molecular formula is C15H30N4. The molecule has 0 saturated heterocycles. The van der Waals surface area contributed by atoms with E-state index in [0.717, 1.165) is 44.4 Å². The molecule has 110 valence electrons. The maximum atomic E-state index is 4.56. The summed E-state index contributed by atoms with van der Waals surface area (Å²) >= 11 is 0. The summed E-state index contributed by atoms with van der Waals surface area (Å²) in [5, 5.41) is 3.47. The van der Waals surface area contributed by atoms with E-state index >= 15 is 0 Å². The first-order valence-corrected chi connectivity index (χ1v) is 7.71. The third-order valence-corrected chi connectivity index (χ3v) is 3.48. The molecule has 0 aliphatic rings. The number of nitrogens with one attached hydrogen (secondary N) is 1. The number of hydrogen-bond acceptors (Lipinski definition) is 3. The Morgan fingerprint density at radius 1 is 1.21 bits per heavy atom. The average Bonchev–Trinajstić information content (AvgIpc) is 2.77. The molecule has 1 rings (SSSR count). The lowest BCUT2D eigenvalue weighted by molar-refractivity contribution is 0.303. The number of hydrogen-bond donors (Lipinski definition) is 1. The van der Waals surface area contributed by atoms with Crippen LogP contribution in [0.2, 0.25) is 0 Å². The van der Waals surface area contributed by atoms with Crippen molar-refractivity contribution in [3.8, 4) is 0 Å². The summed E-state index contributed by atoms with van der Waals surface area (Å²) in [6, 6.07) is 0. The van der Waals surface area contributed by atoms with E-state index in [1.54, 1.807) is 0 Å². The Balaban J connectivity index is 2.35. The minimum atomic E-state index is 0.999. The van der Waals surface area contributed by atoms with Crippen LogP contribution in [0.4, 0.5) is 5.95 Å². The maximum absolute atomic E-state index is 4.56. The second kappa shape index (κ2) is 8.97. The van der Waals surface area contributed by atoms with Crippen LogP contribution in [0, 0.1) is 6.92 Å². The predicted octanol–water partition coefficient (Wildman–Crippen LogP) is 3.14. The minimum Gasteiger partial charge on any atom is -0.356 e. The van der Waals surface area contributed by atoms with Gasteiger partial charge in [0.15, 0.2) is 0 Å². The average molecular weight is 266 g/mol. The van der Waals surface area contributed by atoms with Gasteiger partial charge in [-0.25, -0.2) is 4.98 Å². The SMILES string of the molecule is CCCCn1cc(C)nc1NCCCN(CC)CC. The molecule has 1 N–H and O–H groups in total. The van der Waals surface area contributed by atoms with Crippen LogP contribution in [0.3, 0.4) is 0 Å². The molecule has 0 bridgehead atoms. The molecule has 0 aliphatic heterocycles. The molecular weight excluding hydrogens is 236 g/mol. The lowest BCUT2D eigenvalue weighted by Crippen LogP contribution is -2.25. The molecule has 0 aromatic carbocycles. The monoisotopic (exact) mass is 266 g/mol. The maximum Gasteiger partial charge on any atom is 0.203 e. The predicted molar refractivity (Wildman–Crippen MR) is 82.8 cm³/mol. The largest absolute Gasteiger partial charge is 0.356 e. The van der Waals surface area contributed by atoms with Gasteiger partial charge >= 0.3 is 0 Å². The van der Waals surface area contributed by atoms with Gasteiger partial charge in [0.05, 0.1) is 5.69 Å². The van der Waals surface area contributed by atoms with Crippen LogP contribution in [-0.2, 0) is 6.54 Å².